The van der Waals surface area contributed by atoms with Crippen LogP contribution >= 0.6 is 0 Å². The van der Waals surface area contributed by atoms with Crippen LogP contribution in [0.25, 0.3) is 0 Å². The zero-order valence-corrected chi connectivity index (χ0v) is 10.8. The number of methoxy groups -OCH3 is 1. The first-order chi connectivity index (χ1) is 9.43. The van der Waals surface area contributed by atoms with Crippen LogP contribution in [0.5, 0.6) is 0 Å². The van der Waals surface area contributed by atoms with Gasteiger partial charge in [-0.05, 0) is 0 Å². The molecule has 0 fully saturated rings. The van der Waals surface area contributed by atoms with E-state index in [1.54, 1.807) is 0 Å². The summed E-state index contributed by atoms with van der Waals surface area (Å²) in [4.78, 5) is 33.5. The Morgan fingerprint density at radius 1 is 1.60 bits per heavy atom. The normalized spacial score (nSPS) is 10.2. The molecule has 20 heavy (non-hydrogen) atoms. The molecule has 0 spiro atoms. The maximum Gasteiger partial charge on any atom is 0.323 e. The summed E-state index contributed by atoms with van der Waals surface area (Å²) in [5, 5.41) is 22.9. The number of carbonyl (C=O) groups excluding carboxylic acids is 1. The second-order valence-corrected chi connectivity index (χ2v) is 3.86. The number of hydrogen-bond acceptors (Lipinski definition) is 6. The number of rotatable bonds is 8. The number of nitrogens with zero attached hydrogens (tertiary/aromatic N) is 4. The highest BCUT2D eigenvalue weighted by Crippen LogP contribution is 2.08. The van der Waals surface area contributed by atoms with Crippen molar-refractivity contribution in [3.63, 3.8) is 0 Å². The Hall–Kier alpha value is -2.49. The number of hydrogen-bond donors (Lipinski definition) is 1. The van der Waals surface area contributed by atoms with Gasteiger partial charge in [-0.2, -0.15) is 5.10 Å². The molecular formula is C10H14N4O6. The first kappa shape index (κ1) is 15.6. The molecule has 10 heteroatoms. The molecule has 1 rings (SSSR count). The standard InChI is InChI=1S/C10H14N4O6/c1-20-3-2-12(7-10(16)17)9(15)6-13-5-8(4-11-13)14(18)19/h4-5H,2-3,6-7H2,1H3,(H,16,17). The molecule has 0 aliphatic carbocycles. The Morgan fingerprint density at radius 3 is 2.80 bits per heavy atom. The maximum absolute atomic E-state index is 11.9. The van der Waals surface area contributed by atoms with Crippen LogP contribution in [-0.4, -0.2) is 63.4 Å². The number of carbonyl (C=O) groups is 2. The van der Waals surface area contributed by atoms with Gasteiger partial charge in [-0.15, -0.1) is 0 Å². The summed E-state index contributed by atoms with van der Waals surface area (Å²) in [6.45, 7) is -0.431. The molecule has 0 radical (unpaired) electrons. The molecule has 0 unspecified atom stereocenters. The molecule has 1 aromatic rings. The van der Waals surface area contributed by atoms with E-state index < -0.39 is 23.3 Å². The Kier molecular flexibility index (Phi) is 5.59. The molecule has 0 aliphatic heterocycles. The molecular weight excluding hydrogens is 272 g/mol. The van der Waals surface area contributed by atoms with Crippen LogP contribution in [0.3, 0.4) is 0 Å². The van der Waals surface area contributed by atoms with Crippen molar-refractivity contribution in [2.75, 3.05) is 26.8 Å². The number of aliphatic carboxylic acids is 1. The van der Waals surface area contributed by atoms with Crippen molar-refractivity contribution in [2.45, 2.75) is 6.54 Å². The fraction of sp³-hybridized carbons (Fsp3) is 0.500. The van der Waals surface area contributed by atoms with Crippen LogP contribution in [0.2, 0.25) is 0 Å². The van der Waals surface area contributed by atoms with Gasteiger partial charge in [-0.3, -0.25) is 24.4 Å². The number of nitro groups is 1. The third kappa shape index (κ3) is 4.65. The van der Waals surface area contributed by atoms with Gasteiger partial charge >= 0.3 is 11.7 Å². The average Bonchev–Trinajstić information content (AvgIpc) is 2.82. The van der Waals surface area contributed by atoms with Crippen LogP contribution in [0.4, 0.5) is 5.69 Å². The van der Waals surface area contributed by atoms with E-state index in [2.05, 4.69) is 5.10 Å². The SMILES string of the molecule is COCCN(CC(=O)O)C(=O)Cn1cc([N+](=O)[O-])cn1. The summed E-state index contributed by atoms with van der Waals surface area (Å²) < 4.78 is 5.88. The second kappa shape index (κ2) is 7.19. The van der Waals surface area contributed by atoms with E-state index in [0.29, 0.717) is 0 Å². The molecule has 0 saturated heterocycles. The second-order valence-electron chi connectivity index (χ2n) is 3.86. The summed E-state index contributed by atoms with van der Waals surface area (Å²) in [5.74, 6) is -1.66. The van der Waals surface area contributed by atoms with Gasteiger partial charge < -0.3 is 14.7 Å². The van der Waals surface area contributed by atoms with Gasteiger partial charge in [0.25, 0.3) is 0 Å². The molecule has 1 aromatic heterocycles. The smallest absolute Gasteiger partial charge is 0.323 e. The quantitative estimate of drug-likeness (QED) is 0.496. The first-order valence-electron chi connectivity index (χ1n) is 5.59. The van der Waals surface area contributed by atoms with Gasteiger partial charge in [-0.1, -0.05) is 0 Å². The number of aromatic nitrogens is 2. The molecule has 1 N–H and O–H groups in total. The molecule has 0 saturated carbocycles. The molecule has 0 aromatic carbocycles. The highest BCUT2D eigenvalue weighted by Gasteiger charge is 2.18. The van der Waals surface area contributed by atoms with Gasteiger partial charge in [0.1, 0.15) is 25.5 Å². The lowest BCUT2D eigenvalue weighted by atomic mass is 10.4. The van der Waals surface area contributed by atoms with Gasteiger partial charge in [0, 0.05) is 13.7 Å². The Morgan fingerprint density at radius 2 is 2.30 bits per heavy atom. The molecule has 10 nitrogen and oxygen atoms in total. The van der Waals surface area contributed by atoms with Crippen molar-refractivity contribution >= 4 is 17.6 Å². The van der Waals surface area contributed by atoms with Gasteiger partial charge in [0.05, 0.1) is 11.5 Å². The Bertz CT molecular complexity index is 500. The van der Waals surface area contributed by atoms with Crippen LogP contribution in [0.15, 0.2) is 12.4 Å². The van der Waals surface area contributed by atoms with Crippen molar-refractivity contribution in [2.24, 2.45) is 0 Å². The highest BCUT2D eigenvalue weighted by molar-refractivity contribution is 5.81. The Labute approximate surface area is 113 Å². The summed E-state index contributed by atoms with van der Waals surface area (Å²) >= 11 is 0. The Balaban J connectivity index is 2.68. The number of amides is 1. The minimum atomic E-state index is -1.15. The maximum atomic E-state index is 11.9. The number of carboxylic acids is 1. The zero-order chi connectivity index (χ0) is 15.1. The average molecular weight is 286 g/mol. The van der Waals surface area contributed by atoms with Crippen molar-refractivity contribution in [1.82, 2.24) is 14.7 Å². The molecule has 1 heterocycles. The van der Waals surface area contributed by atoms with Gasteiger partial charge in [0.15, 0.2) is 0 Å². The predicted octanol–water partition coefficient (Wildman–Crippen LogP) is -0.649. The van der Waals surface area contributed by atoms with E-state index in [0.717, 1.165) is 22.0 Å². The molecule has 110 valence electrons. The van der Waals surface area contributed by atoms with Crippen LogP contribution in [-0.2, 0) is 20.9 Å². The number of carboxylic acid groups (broad SMARTS) is 1. The largest absolute Gasteiger partial charge is 0.480 e. The zero-order valence-electron chi connectivity index (χ0n) is 10.8. The fourth-order valence-corrected chi connectivity index (χ4v) is 1.43. The first-order valence-corrected chi connectivity index (χ1v) is 5.59. The predicted molar refractivity (Wildman–Crippen MR) is 65.0 cm³/mol. The van der Waals surface area contributed by atoms with E-state index >= 15 is 0 Å². The molecule has 0 bridgehead atoms. The lowest BCUT2D eigenvalue weighted by molar-refractivity contribution is -0.385. The lowest BCUT2D eigenvalue weighted by Gasteiger charge is -2.20. The van der Waals surface area contributed by atoms with E-state index in [4.69, 9.17) is 9.84 Å². The third-order valence-corrected chi connectivity index (χ3v) is 2.37. The highest BCUT2D eigenvalue weighted by atomic mass is 16.6. The van der Waals surface area contributed by atoms with Crippen molar-refractivity contribution in [3.8, 4) is 0 Å². The van der Waals surface area contributed by atoms with Crippen LogP contribution < -0.4 is 0 Å². The molecule has 1 amide bonds. The van der Waals surface area contributed by atoms with Gasteiger partial charge in [0.2, 0.25) is 5.91 Å². The summed E-state index contributed by atoms with van der Waals surface area (Å²) in [5.41, 5.74) is -0.237. The summed E-state index contributed by atoms with van der Waals surface area (Å²) in [6.07, 6.45) is 2.12. The van der Waals surface area contributed by atoms with E-state index in [9.17, 15) is 19.7 Å². The minimum Gasteiger partial charge on any atom is -0.480 e. The summed E-state index contributed by atoms with van der Waals surface area (Å²) in [6, 6.07) is 0. The summed E-state index contributed by atoms with van der Waals surface area (Å²) in [7, 11) is 1.43. The topological polar surface area (TPSA) is 128 Å². The van der Waals surface area contributed by atoms with Crippen LogP contribution in [0.1, 0.15) is 0 Å². The van der Waals surface area contributed by atoms with E-state index in [-0.39, 0.29) is 25.4 Å². The monoisotopic (exact) mass is 286 g/mol. The van der Waals surface area contributed by atoms with Crippen LogP contribution in [0, 0.1) is 10.1 Å². The molecule has 0 atom stereocenters. The van der Waals surface area contributed by atoms with Crippen molar-refractivity contribution < 1.29 is 24.4 Å². The number of ether oxygens (including phenoxy) is 1. The lowest BCUT2D eigenvalue weighted by Crippen LogP contribution is -2.40. The van der Waals surface area contributed by atoms with E-state index in [1.165, 1.54) is 7.11 Å². The van der Waals surface area contributed by atoms with Gasteiger partial charge in [-0.25, -0.2) is 0 Å². The van der Waals surface area contributed by atoms with Crippen molar-refractivity contribution in [3.05, 3.63) is 22.5 Å². The van der Waals surface area contributed by atoms with Crippen molar-refractivity contribution in [1.29, 1.82) is 0 Å². The fourth-order valence-electron chi connectivity index (χ4n) is 1.43. The third-order valence-electron chi connectivity index (χ3n) is 2.37. The minimum absolute atomic E-state index is 0.116. The molecule has 0 aliphatic rings. The van der Waals surface area contributed by atoms with E-state index in [1.807, 2.05) is 0 Å².